The van der Waals surface area contributed by atoms with Gasteiger partial charge in [-0.2, -0.15) is 5.10 Å². The molecule has 1 heterocycles. The van der Waals surface area contributed by atoms with E-state index >= 15 is 0 Å². The van der Waals surface area contributed by atoms with E-state index in [1.165, 1.54) is 10.7 Å². The Morgan fingerprint density at radius 3 is 2.54 bits per heavy atom. The zero-order chi connectivity index (χ0) is 19.3. The highest BCUT2D eigenvalue weighted by Gasteiger charge is 2.20. The molecule has 2 N–H and O–H groups in total. The molecular weight excluding hydrogens is 356 g/mol. The summed E-state index contributed by atoms with van der Waals surface area (Å²) in [7, 11) is 0. The van der Waals surface area contributed by atoms with E-state index in [1.807, 2.05) is 6.92 Å². The van der Waals surface area contributed by atoms with E-state index in [4.69, 9.17) is 11.6 Å². The van der Waals surface area contributed by atoms with Gasteiger partial charge in [-0.15, -0.1) is 0 Å². The van der Waals surface area contributed by atoms with Crippen LogP contribution in [0.4, 0.5) is 0 Å². The first-order valence-electron chi connectivity index (χ1n) is 8.29. The van der Waals surface area contributed by atoms with Crippen LogP contribution in [0.25, 0.3) is 5.69 Å². The summed E-state index contributed by atoms with van der Waals surface area (Å²) in [5.74, 6) is -1.01. The Bertz CT molecular complexity index is 862. The van der Waals surface area contributed by atoms with Crippen molar-refractivity contribution < 1.29 is 9.59 Å². The van der Waals surface area contributed by atoms with E-state index in [-0.39, 0.29) is 11.6 Å². The van der Waals surface area contributed by atoms with Gasteiger partial charge in [0.2, 0.25) is 11.3 Å². The Morgan fingerprint density at radius 2 is 1.92 bits per heavy atom. The molecule has 2 amide bonds. The summed E-state index contributed by atoms with van der Waals surface area (Å²) in [6.45, 7) is 5.71. The van der Waals surface area contributed by atoms with Gasteiger partial charge in [0.25, 0.3) is 5.91 Å². The predicted octanol–water partition coefficient (Wildman–Crippen LogP) is 1.84. The van der Waals surface area contributed by atoms with E-state index in [1.54, 1.807) is 38.1 Å². The Kier molecular flexibility index (Phi) is 6.52. The molecule has 2 aromatic rings. The molecule has 138 valence electrons. The van der Waals surface area contributed by atoms with Gasteiger partial charge in [0.05, 0.1) is 5.69 Å². The molecular formula is C18H21ClN4O3. The lowest BCUT2D eigenvalue weighted by Gasteiger charge is -2.15. The Labute approximate surface area is 156 Å². The predicted molar refractivity (Wildman–Crippen MR) is 99.8 cm³/mol. The van der Waals surface area contributed by atoms with Gasteiger partial charge in [-0.25, -0.2) is 4.68 Å². The number of hydrogen-bond acceptors (Lipinski definition) is 4. The zero-order valence-corrected chi connectivity index (χ0v) is 15.6. The van der Waals surface area contributed by atoms with Gasteiger partial charge >= 0.3 is 0 Å². The maximum absolute atomic E-state index is 12.4. The summed E-state index contributed by atoms with van der Waals surface area (Å²) in [6.07, 6.45) is 0.789. The van der Waals surface area contributed by atoms with Crippen molar-refractivity contribution in [1.82, 2.24) is 20.4 Å². The maximum Gasteiger partial charge on any atom is 0.276 e. The van der Waals surface area contributed by atoms with Crippen molar-refractivity contribution in [2.45, 2.75) is 33.2 Å². The maximum atomic E-state index is 12.4. The van der Waals surface area contributed by atoms with Crippen molar-refractivity contribution in [3.63, 3.8) is 0 Å². The number of nitrogens with one attached hydrogen (secondary N) is 2. The minimum Gasteiger partial charge on any atom is -0.354 e. The number of halogens is 1. The molecule has 0 radical (unpaired) electrons. The Morgan fingerprint density at radius 1 is 1.27 bits per heavy atom. The molecule has 7 nitrogen and oxygen atoms in total. The molecule has 0 aliphatic rings. The highest BCUT2D eigenvalue weighted by atomic mass is 35.5. The van der Waals surface area contributed by atoms with E-state index in [0.717, 1.165) is 6.42 Å². The van der Waals surface area contributed by atoms with Crippen molar-refractivity contribution in [3.05, 3.63) is 57.0 Å². The summed E-state index contributed by atoms with van der Waals surface area (Å²) in [5.41, 5.74) is 0.448. The molecule has 8 heteroatoms. The Balaban J connectivity index is 2.27. The van der Waals surface area contributed by atoms with Crippen LogP contribution in [0, 0.1) is 6.92 Å². The van der Waals surface area contributed by atoms with Crippen LogP contribution in [0.3, 0.4) is 0 Å². The standard InChI is InChI=1S/C18H21ClN4O3/c1-4-9-20-17(25)12(3)21-18(26)16-15(24)10-11(2)23(22-16)14-7-5-13(19)6-8-14/h5-8,10,12H,4,9H2,1-3H3,(H,20,25)(H,21,26)/t12-/m0/s1. The summed E-state index contributed by atoms with van der Waals surface area (Å²) >= 11 is 5.89. The van der Waals surface area contributed by atoms with Gasteiger partial charge in [-0.05, 0) is 44.5 Å². The summed E-state index contributed by atoms with van der Waals surface area (Å²) < 4.78 is 1.48. The second kappa shape index (κ2) is 8.62. The molecule has 0 saturated heterocycles. The minimum atomic E-state index is -0.777. The average molecular weight is 377 g/mol. The largest absolute Gasteiger partial charge is 0.354 e. The molecule has 0 aliphatic heterocycles. The summed E-state index contributed by atoms with van der Waals surface area (Å²) in [4.78, 5) is 36.5. The monoisotopic (exact) mass is 376 g/mol. The minimum absolute atomic E-state index is 0.277. The number of carbonyl (C=O) groups excluding carboxylic acids is 2. The molecule has 0 spiro atoms. The van der Waals surface area contributed by atoms with Gasteiger partial charge in [0.1, 0.15) is 6.04 Å². The first-order valence-corrected chi connectivity index (χ1v) is 8.66. The van der Waals surface area contributed by atoms with Crippen LogP contribution in [0.5, 0.6) is 0 Å². The first-order chi connectivity index (χ1) is 12.3. The second-order valence-corrected chi connectivity index (χ2v) is 6.31. The van der Waals surface area contributed by atoms with Crippen molar-refractivity contribution in [1.29, 1.82) is 0 Å². The average Bonchev–Trinajstić information content (AvgIpc) is 2.60. The van der Waals surface area contributed by atoms with Crippen LogP contribution < -0.4 is 16.1 Å². The van der Waals surface area contributed by atoms with Gasteiger partial charge in [-0.3, -0.25) is 14.4 Å². The highest BCUT2D eigenvalue weighted by molar-refractivity contribution is 6.30. The highest BCUT2D eigenvalue weighted by Crippen LogP contribution is 2.13. The fourth-order valence-electron chi connectivity index (χ4n) is 2.28. The molecule has 0 saturated carbocycles. The number of benzene rings is 1. The van der Waals surface area contributed by atoms with Crippen molar-refractivity contribution in [2.75, 3.05) is 6.54 Å². The molecule has 2 rings (SSSR count). The van der Waals surface area contributed by atoms with E-state index in [9.17, 15) is 14.4 Å². The van der Waals surface area contributed by atoms with E-state index in [0.29, 0.717) is 22.9 Å². The normalized spacial score (nSPS) is 11.7. The van der Waals surface area contributed by atoms with Gasteiger partial charge in [0.15, 0.2) is 5.69 Å². The Hall–Kier alpha value is -2.67. The van der Waals surface area contributed by atoms with E-state index in [2.05, 4.69) is 15.7 Å². The van der Waals surface area contributed by atoms with Crippen LogP contribution in [-0.4, -0.2) is 34.2 Å². The van der Waals surface area contributed by atoms with Crippen LogP contribution in [-0.2, 0) is 4.79 Å². The van der Waals surface area contributed by atoms with Crippen molar-refractivity contribution >= 4 is 23.4 Å². The molecule has 0 fully saturated rings. The number of nitrogens with zero attached hydrogens (tertiary/aromatic N) is 2. The smallest absolute Gasteiger partial charge is 0.276 e. The van der Waals surface area contributed by atoms with Gasteiger partial charge in [-0.1, -0.05) is 18.5 Å². The van der Waals surface area contributed by atoms with Crippen LogP contribution in [0.1, 0.15) is 36.5 Å². The fourth-order valence-corrected chi connectivity index (χ4v) is 2.41. The molecule has 26 heavy (non-hydrogen) atoms. The summed E-state index contributed by atoms with van der Waals surface area (Å²) in [6, 6.07) is 7.40. The fraction of sp³-hybridized carbons (Fsp3) is 0.333. The molecule has 1 aromatic heterocycles. The molecule has 1 aromatic carbocycles. The molecule has 0 bridgehead atoms. The quantitative estimate of drug-likeness (QED) is 0.804. The second-order valence-electron chi connectivity index (χ2n) is 5.87. The topological polar surface area (TPSA) is 93.1 Å². The SMILES string of the molecule is CCCNC(=O)[C@H](C)NC(=O)c1nn(-c2ccc(Cl)cc2)c(C)cc1=O. The molecule has 1 atom stereocenters. The number of aromatic nitrogens is 2. The summed E-state index contributed by atoms with van der Waals surface area (Å²) in [5, 5.41) is 9.92. The number of amides is 2. The first kappa shape index (κ1) is 19.7. The van der Waals surface area contributed by atoms with Crippen molar-refractivity contribution in [2.24, 2.45) is 0 Å². The van der Waals surface area contributed by atoms with E-state index < -0.39 is 17.4 Å². The molecule has 0 aliphatic carbocycles. The molecule has 0 unspecified atom stereocenters. The zero-order valence-electron chi connectivity index (χ0n) is 14.9. The van der Waals surface area contributed by atoms with Crippen LogP contribution in [0.2, 0.25) is 5.02 Å². The van der Waals surface area contributed by atoms with Crippen LogP contribution in [0.15, 0.2) is 35.1 Å². The number of aryl methyl sites for hydroxylation is 1. The number of carbonyl (C=O) groups is 2. The van der Waals surface area contributed by atoms with Gasteiger partial charge in [0, 0.05) is 23.3 Å². The van der Waals surface area contributed by atoms with Crippen molar-refractivity contribution in [3.8, 4) is 5.69 Å². The van der Waals surface area contributed by atoms with Gasteiger partial charge < -0.3 is 10.6 Å². The number of rotatable bonds is 6. The number of hydrogen-bond donors (Lipinski definition) is 2. The lowest BCUT2D eigenvalue weighted by atomic mass is 10.2. The third-order valence-corrected chi connectivity index (χ3v) is 3.94. The lowest BCUT2D eigenvalue weighted by Crippen LogP contribution is -2.46. The third kappa shape index (κ3) is 4.70. The third-order valence-electron chi connectivity index (χ3n) is 3.68. The lowest BCUT2D eigenvalue weighted by molar-refractivity contribution is -0.122. The van der Waals surface area contributed by atoms with Crippen LogP contribution >= 0.6 is 11.6 Å².